The van der Waals surface area contributed by atoms with Gasteiger partial charge in [-0.3, -0.25) is 10.1 Å². The van der Waals surface area contributed by atoms with E-state index in [4.69, 9.17) is 4.74 Å². The van der Waals surface area contributed by atoms with Crippen molar-refractivity contribution in [2.45, 2.75) is 13.5 Å². The molecule has 0 unspecified atom stereocenters. The third-order valence-electron chi connectivity index (χ3n) is 2.91. The van der Waals surface area contributed by atoms with Crippen molar-refractivity contribution in [3.63, 3.8) is 0 Å². The monoisotopic (exact) mass is 273 g/mol. The van der Waals surface area contributed by atoms with Crippen LogP contribution < -0.4 is 10.1 Å². The number of hydrogen-bond acceptors (Lipinski definition) is 5. The van der Waals surface area contributed by atoms with Crippen molar-refractivity contribution < 1.29 is 9.66 Å². The standard InChI is InChI=1S/C14H15N3O3/c1-10-4-3-5-12(14(10)17(18)19)16-9-11-6-7-15-13(8-11)20-2/h3-8,16H,9H2,1-2H3. The zero-order valence-corrected chi connectivity index (χ0v) is 11.3. The van der Waals surface area contributed by atoms with Gasteiger partial charge in [-0.2, -0.15) is 0 Å². The largest absolute Gasteiger partial charge is 0.481 e. The first-order valence-electron chi connectivity index (χ1n) is 6.08. The Kier molecular flexibility index (Phi) is 4.14. The van der Waals surface area contributed by atoms with Gasteiger partial charge in [0.15, 0.2) is 0 Å². The maximum atomic E-state index is 11.1. The fourth-order valence-corrected chi connectivity index (χ4v) is 1.91. The highest BCUT2D eigenvalue weighted by Gasteiger charge is 2.16. The molecule has 1 aromatic carbocycles. The molecule has 0 spiro atoms. The normalized spacial score (nSPS) is 10.1. The summed E-state index contributed by atoms with van der Waals surface area (Å²) >= 11 is 0. The molecule has 0 bridgehead atoms. The van der Waals surface area contributed by atoms with Gasteiger partial charge >= 0.3 is 0 Å². The Labute approximate surface area is 116 Å². The lowest BCUT2D eigenvalue weighted by atomic mass is 10.1. The second kappa shape index (κ2) is 6.01. The number of anilines is 1. The number of rotatable bonds is 5. The van der Waals surface area contributed by atoms with Crippen LogP contribution in [-0.2, 0) is 6.54 Å². The van der Waals surface area contributed by atoms with Crippen LogP contribution >= 0.6 is 0 Å². The summed E-state index contributed by atoms with van der Waals surface area (Å²) in [5.74, 6) is 0.517. The van der Waals surface area contributed by atoms with Crippen molar-refractivity contribution in [3.05, 3.63) is 57.8 Å². The summed E-state index contributed by atoms with van der Waals surface area (Å²) in [7, 11) is 1.55. The molecule has 6 nitrogen and oxygen atoms in total. The molecule has 1 aromatic heterocycles. The zero-order chi connectivity index (χ0) is 14.5. The quantitative estimate of drug-likeness (QED) is 0.669. The highest BCUT2D eigenvalue weighted by atomic mass is 16.6. The predicted molar refractivity (Wildman–Crippen MR) is 75.9 cm³/mol. The molecule has 6 heteroatoms. The molecule has 0 aliphatic rings. The third-order valence-corrected chi connectivity index (χ3v) is 2.91. The van der Waals surface area contributed by atoms with Gasteiger partial charge in [-0.15, -0.1) is 0 Å². The number of hydrogen-bond donors (Lipinski definition) is 1. The van der Waals surface area contributed by atoms with Crippen LogP contribution in [0.4, 0.5) is 11.4 Å². The lowest BCUT2D eigenvalue weighted by molar-refractivity contribution is -0.384. The SMILES string of the molecule is COc1cc(CNc2cccc(C)c2[N+](=O)[O-])ccn1. The number of para-hydroxylation sites is 1. The van der Waals surface area contributed by atoms with Gasteiger partial charge in [-0.25, -0.2) is 4.98 Å². The highest BCUT2D eigenvalue weighted by molar-refractivity contribution is 5.65. The average Bonchev–Trinajstić information content (AvgIpc) is 2.45. The molecular formula is C14H15N3O3. The Morgan fingerprint density at radius 2 is 2.20 bits per heavy atom. The second-order valence-electron chi connectivity index (χ2n) is 4.29. The highest BCUT2D eigenvalue weighted by Crippen LogP contribution is 2.28. The van der Waals surface area contributed by atoms with Crippen molar-refractivity contribution in [2.24, 2.45) is 0 Å². The second-order valence-corrected chi connectivity index (χ2v) is 4.29. The molecule has 0 saturated carbocycles. The van der Waals surface area contributed by atoms with E-state index in [-0.39, 0.29) is 10.6 Å². The summed E-state index contributed by atoms with van der Waals surface area (Å²) in [5, 5.41) is 14.2. The minimum Gasteiger partial charge on any atom is -0.481 e. The van der Waals surface area contributed by atoms with Gasteiger partial charge in [0, 0.05) is 24.4 Å². The van der Waals surface area contributed by atoms with E-state index < -0.39 is 0 Å². The van der Waals surface area contributed by atoms with Crippen molar-refractivity contribution in [3.8, 4) is 5.88 Å². The van der Waals surface area contributed by atoms with Gasteiger partial charge in [-0.1, -0.05) is 12.1 Å². The van der Waals surface area contributed by atoms with E-state index in [2.05, 4.69) is 10.3 Å². The number of benzene rings is 1. The molecule has 104 valence electrons. The van der Waals surface area contributed by atoms with Crippen LogP contribution in [0.15, 0.2) is 36.5 Å². The van der Waals surface area contributed by atoms with Crippen LogP contribution in [0.2, 0.25) is 0 Å². The van der Waals surface area contributed by atoms with Crippen LogP contribution in [0.3, 0.4) is 0 Å². The minimum absolute atomic E-state index is 0.105. The van der Waals surface area contributed by atoms with Crippen molar-refractivity contribution >= 4 is 11.4 Å². The minimum atomic E-state index is -0.370. The van der Waals surface area contributed by atoms with Crippen LogP contribution in [0.5, 0.6) is 5.88 Å². The van der Waals surface area contributed by atoms with Crippen LogP contribution in [0.1, 0.15) is 11.1 Å². The molecule has 1 heterocycles. The number of aromatic nitrogens is 1. The summed E-state index contributed by atoms with van der Waals surface area (Å²) in [6.45, 7) is 2.18. The maximum Gasteiger partial charge on any atom is 0.295 e. The molecule has 20 heavy (non-hydrogen) atoms. The van der Waals surface area contributed by atoms with Gasteiger partial charge < -0.3 is 10.1 Å². The first-order valence-corrected chi connectivity index (χ1v) is 6.08. The lowest BCUT2D eigenvalue weighted by Crippen LogP contribution is -2.04. The van der Waals surface area contributed by atoms with Crippen molar-refractivity contribution in [2.75, 3.05) is 12.4 Å². The van der Waals surface area contributed by atoms with E-state index in [0.717, 1.165) is 5.56 Å². The molecule has 1 N–H and O–H groups in total. The smallest absolute Gasteiger partial charge is 0.295 e. The van der Waals surface area contributed by atoms with E-state index in [0.29, 0.717) is 23.7 Å². The number of nitro benzene ring substituents is 1. The number of nitrogens with one attached hydrogen (secondary N) is 1. The summed E-state index contributed by atoms with van der Waals surface area (Å²) in [6, 6.07) is 8.83. The summed E-state index contributed by atoms with van der Waals surface area (Å²) in [5.41, 5.74) is 2.18. The molecule has 0 fully saturated rings. The number of ether oxygens (including phenoxy) is 1. The molecule has 0 aliphatic carbocycles. The van der Waals surface area contributed by atoms with Gasteiger partial charge in [-0.05, 0) is 24.6 Å². The molecule has 0 amide bonds. The Bertz CT molecular complexity index is 629. The van der Waals surface area contributed by atoms with Crippen LogP contribution in [0, 0.1) is 17.0 Å². The van der Waals surface area contributed by atoms with E-state index in [9.17, 15) is 10.1 Å². The van der Waals surface area contributed by atoms with Gasteiger partial charge in [0.1, 0.15) is 5.69 Å². The van der Waals surface area contributed by atoms with Crippen molar-refractivity contribution in [1.29, 1.82) is 0 Å². The summed E-state index contributed by atoms with van der Waals surface area (Å²) < 4.78 is 5.04. The number of pyridine rings is 1. The van der Waals surface area contributed by atoms with Crippen molar-refractivity contribution in [1.82, 2.24) is 4.98 Å². The first-order chi connectivity index (χ1) is 9.61. The van der Waals surface area contributed by atoms with E-state index in [1.807, 2.05) is 6.07 Å². The molecule has 0 atom stereocenters. The van der Waals surface area contributed by atoms with E-state index in [1.165, 1.54) is 0 Å². The summed E-state index contributed by atoms with van der Waals surface area (Å²) in [6.07, 6.45) is 1.64. The van der Waals surface area contributed by atoms with Gasteiger partial charge in [0.2, 0.25) is 5.88 Å². The van der Waals surface area contributed by atoms with Gasteiger partial charge in [0.05, 0.1) is 12.0 Å². The molecule has 0 radical (unpaired) electrons. The fraction of sp³-hybridized carbons (Fsp3) is 0.214. The van der Waals surface area contributed by atoms with Crippen LogP contribution in [-0.4, -0.2) is 17.0 Å². The first kappa shape index (κ1) is 13.8. The third kappa shape index (κ3) is 3.03. The molecule has 0 saturated heterocycles. The lowest BCUT2D eigenvalue weighted by Gasteiger charge is -2.09. The number of aryl methyl sites for hydroxylation is 1. The zero-order valence-electron chi connectivity index (χ0n) is 11.3. The molecular weight excluding hydrogens is 258 g/mol. The number of methoxy groups -OCH3 is 1. The number of nitro groups is 1. The Morgan fingerprint density at radius 1 is 1.40 bits per heavy atom. The number of nitrogens with zero attached hydrogens (tertiary/aromatic N) is 2. The Morgan fingerprint density at radius 3 is 2.90 bits per heavy atom. The topological polar surface area (TPSA) is 77.3 Å². The van der Waals surface area contributed by atoms with Gasteiger partial charge in [0.25, 0.3) is 5.69 Å². The molecule has 0 aliphatic heterocycles. The van der Waals surface area contributed by atoms with E-state index in [1.54, 1.807) is 44.5 Å². The molecule has 2 rings (SSSR count). The Balaban J connectivity index is 2.18. The van der Waals surface area contributed by atoms with E-state index >= 15 is 0 Å². The molecule has 2 aromatic rings. The maximum absolute atomic E-state index is 11.1. The average molecular weight is 273 g/mol. The predicted octanol–water partition coefficient (Wildman–Crippen LogP) is 2.92. The fourth-order valence-electron chi connectivity index (χ4n) is 1.91. The Hall–Kier alpha value is -2.63. The van der Waals surface area contributed by atoms with Crippen LogP contribution in [0.25, 0.3) is 0 Å². The summed E-state index contributed by atoms with van der Waals surface area (Å²) in [4.78, 5) is 14.7.